The van der Waals surface area contributed by atoms with Crippen molar-refractivity contribution in [1.29, 1.82) is 0 Å². The highest BCUT2D eigenvalue weighted by atomic mass is 15.2. The van der Waals surface area contributed by atoms with Crippen LogP contribution in [0.4, 0.5) is 0 Å². The summed E-state index contributed by atoms with van der Waals surface area (Å²) in [6, 6.07) is 1.25. The molecule has 0 amide bonds. The summed E-state index contributed by atoms with van der Waals surface area (Å²) in [6.07, 6.45) is 6.90. The molecule has 1 saturated carbocycles. The maximum absolute atomic E-state index is 6.13. The summed E-state index contributed by atoms with van der Waals surface area (Å²) < 4.78 is 0. The Bertz CT molecular complexity index is 191. The SMILES string of the molecule is CCC(C1CCC1)N1CC(C)CC(N)C1. The molecule has 2 aliphatic rings. The average molecular weight is 210 g/mol. The Balaban J connectivity index is 1.93. The Kier molecular flexibility index (Phi) is 3.68. The molecule has 1 aliphatic carbocycles. The molecule has 0 spiro atoms. The zero-order valence-corrected chi connectivity index (χ0v) is 10.3. The van der Waals surface area contributed by atoms with E-state index in [0.29, 0.717) is 6.04 Å². The lowest BCUT2D eigenvalue weighted by Crippen LogP contribution is -2.53. The van der Waals surface area contributed by atoms with Crippen LogP contribution in [-0.4, -0.2) is 30.1 Å². The summed E-state index contributed by atoms with van der Waals surface area (Å²) in [7, 11) is 0. The van der Waals surface area contributed by atoms with Gasteiger partial charge in [0.2, 0.25) is 0 Å². The standard InChI is InChI=1S/C13H26N2/c1-3-13(11-5-4-6-11)15-8-10(2)7-12(14)9-15/h10-13H,3-9,14H2,1-2H3. The van der Waals surface area contributed by atoms with E-state index < -0.39 is 0 Å². The topological polar surface area (TPSA) is 29.3 Å². The fourth-order valence-electron chi connectivity index (χ4n) is 3.43. The molecular formula is C13H26N2. The van der Waals surface area contributed by atoms with Crippen molar-refractivity contribution in [3.63, 3.8) is 0 Å². The van der Waals surface area contributed by atoms with E-state index in [1.165, 1.54) is 38.6 Å². The lowest BCUT2D eigenvalue weighted by Gasteiger charge is -2.45. The summed E-state index contributed by atoms with van der Waals surface area (Å²) in [5.41, 5.74) is 6.13. The molecule has 0 bridgehead atoms. The first-order valence-electron chi connectivity index (χ1n) is 6.70. The second kappa shape index (κ2) is 4.84. The van der Waals surface area contributed by atoms with E-state index >= 15 is 0 Å². The van der Waals surface area contributed by atoms with E-state index in [-0.39, 0.29) is 0 Å². The van der Waals surface area contributed by atoms with E-state index in [1.807, 2.05) is 0 Å². The van der Waals surface area contributed by atoms with Crippen LogP contribution in [0.25, 0.3) is 0 Å². The van der Waals surface area contributed by atoms with Crippen LogP contribution >= 0.6 is 0 Å². The van der Waals surface area contributed by atoms with Gasteiger partial charge >= 0.3 is 0 Å². The molecule has 88 valence electrons. The molecule has 15 heavy (non-hydrogen) atoms. The van der Waals surface area contributed by atoms with Gasteiger partial charge in [-0.3, -0.25) is 4.90 Å². The Morgan fingerprint density at radius 1 is 1.33 bits per heavy atom. The van der Waals surface area contributed by atoms with Crippen LogP contribution in [0.2, 0.25) is 0 Å². The monoisotopic (exact) mass is 210 g/mol. The van der Waals surface area contributed by atoms with Crippen LogP contribution < -0.4 is 5.73 Å². The lowest BCUT2D eigenvalue weighted by molar-refractivity contribution is 0.0503. The Morgan fingerprint density at radius 3 is 2.53 bits per heavy atom. The summed E-state index contributed by atoms with van der Waals surface area (Å²) in [5.74, 6) is 1.77. The fraction of sp³-hybridized carbons (Fsp3) is 1.00. The summed E-state index contributed by atoms with van der Waals surface area (Å²) in [6.45, 7) is 7.11. The molecule has 0 aromatic carbocycles. The van der Waals surface area contributed by atoms with E-state index in [9.17, 15) is 0 Å². The van der Waals surface area contributed by atoms with Gasteiger partial charge in [0.05, 0.1) is 0 Å². The molecule has 2 rings (SSSR count). The van der Waals surface area contributed by atoms with Crippen molar-refractivity contribution >= 4 is 0 Å². The second-order valence-electron chi connectivity index (χ2n) is 5.72. The van der Waals surface area contributed by atoms with Gasteiger partial charge in [0.1, 0.15) is 0 Å². The van der Waals surface area contributed by atoms with Gasteiger partial charge in [-0.05, 0) is 37.5 Å². The highest BCUT2D eigenvalue weighted by Gasteiger charge is 2.33. The van der Waals surface area contributed by atoms with Crippen LogP contribution in [0.5, 0.6) is 0 Å². The summed E-state index contributed by atoms with van der Waals surface area (Å²) in [4.78, 5) is 2.68. The molecule has 0 aromatic rings. The van der Waals surface area contributed by atoms with E-state index in [0.717, 1.165) is 24.4 Å². The molecule has 1 aliphatic heterocycles. The molecule has 3 unspecified atom stereocenters. The van der Waals surface area contributed by atoms with Gasteiger partial charge in [0, 0.05) is 25.2 Å². The van der Waals surface area contributed by atoms with E-state index in [2.05, 4.69) is 18.7 Å². The third-order valence-electron chi connectivity index (χ3n) is 4.30. The Hall–Kier alpha value is -0.0800. The van der Waals surface area contributed by atoms with Crippen molar-refractivity contribution in [2.45, 2.75) is 58.0 Å². The quantitative estimate of drug-likeness (QED) is 0.774. The summed E-state index contributed by atoms with van der Waals surface area (Å²) >= 11 is 0. The molecule has 3 atom stereocenters. The van der Waals surface area contributed by atoms with Crippen molar-refractivity contribution in [2.75, 3.05) is 13.1 Å². The highest BCUT2D eigenvalue weighted by molar-refractivity contribution is 4.89. The van der Waals surface area contributed by atoms with Crippen molar-refractivity contribution < 1.29 is 0 Å². The molecule has 1 saturated heterocycles. The first-order chi connectivity index (χ1) is 7.20. The molecule has 0 aromatic heterocycles. The minimum Gasteiger partial charge on any atom is -0.327 e. The molecular weight excluding hydrogens is 184 g/mol. The normalized spacial score (nSPS) is 36.2. The lowest BCUT2D eigenvalue weighted by atomic mass is 9.77. The molecule has 0 radical (unpaired) electrons. The Morgan fingerprint density at radius 2 is 2.07 bits per heavy atom. The highest BCUT2D eigenvalue weighted by Crippen LogP contribution is 2.35. The van der Waals surface area contributed by atoms with Crippen LogP contribution in [0.15, 0.2) is 0 Å². The predicted molar refractivity (Wildman–Crippen MR) is 64.7 cm³/mol. The third kappa shape index (κ3) is 2.54. The van der Waals surface area contributed by atoms with Gasteiger partial charge in [-0.25, -0.2) is 0 Å². The van der Waals surface area contributed by atoms with Crippen LogP contribution in [0.1, 0.15) is 46.0 Å². The second-order valence-corrected chi connectivity index (χ2v) is 5.72. The maximum atomic E-state index is 6.13. The molecule has 1 heterocycles. The minimum absolute atomic E-state index is 0.419. The minimum atomic E-state index is 0.419. The van der Waals surface area contributed by atoms with Gasteiger partial charge < -0.3 is 5.73 Å². The predicted octanol–water partition coefficient (Wildman–Crippen LogP) is 2.23. The van der Waals surface area contributed by atoms with Crippen molar-refractivity contribution in [3.05, 3.63) is 0 Å². The van der Waals surface area contributed by atoms with Gasteiger partial charge in [0.15, 0.2) is 0 Å². The third-order valence-corrected chi connectivity index (χ3v) is 4.30. The van der Waals surface area contributed by atoms with E-state index in [4.69, 9.17) is 5.73 Å². The zero-order valence-electron chi connectivity index (χ0n) is 10.3. The number of likely N-dealkylation sites (tertiary alicyclic amines) is 1. The van der Waals surface area contributed by atoms with Crippen LogP contribution in [0.3, 0.4) is 0 Å². The van der Waals surface area contributed by atoms with Gasteiger partial charge in [-0.2, -0.15) is 0 Å². The number of hydrogen-bond acceptors (Lipinski definition) is 2. The number of hydrogen-bond donors (Lipinski definition) is 1. The number of rotatable bonds is 3. The zero-order chi connectivity index (χ0) is 10.8. The van der Waals surface area contributed by atoms with Crippen molar-refractivity contribution in [3.8, 4) is 0 Å². The van der Waals surface area contributed by atoms with Crippen molar-refractivity contribution in [1.82, 2.24) is 4.90 Å². The largest absolute Gasteiger partial charge is 0.327 e. The average Bonchev–Trinajstić information content (AvgIpc) is 2.08. The molecule has 2 nitrogen and oxygen atoms in total. The first-order valence-corrected chi connectivity index (χ1v) is 6.70. The molecule has 2 N–H and O–H groups in total. The molecule has 2 heteroatoms. The first kappa shape index (κ1) is 11.4. The van der Waals surface area contributed by atoms with Gasteiger partial charge in [0.25, 0.3) is 0 Å². The van der Waals surface area contributed by atoms with Crippen molar-refractivity contribution in [2.24, 2.45) is 17.6 Å². The number of piperidine rings is 1. The number of nitrogens with two attached hydrogens (primary N) is 1. The van der Waals surface area contributed by atoms with Crippen LogP contribution in [0, 0.1) is 11.8 Å². The smallest absolute Gasteiger partial charge is 0.0170 e. The van der Waals surface area contributed by atoms with E-state index in [1.54, 1.807) is 0 Å². The molecule has 2 fully saturated rings. The maximum Gasteiger partial charge on any atom is 0.0170 e. The Labute approximate surface area is 94.2 Å². The number of nitrogens with zero attached hydrogens (tertiary/aromatic N) is 1. The van der Waals surface area contributed by atoms with Crippen LogP contribution in [-0.2, 0) is 0 Å². The summed E-state index contributed by atoms with van der Waals surface area (Å²) in [5, 5.41) is 0. The fourth-order valence-corrected chi connectivity index (χ4v) is 3.43. The van der Waals surface area contributed by atoms with Gasteiger partial charge in [-0.1, -0.05) is 20.3 Å². The van der Waals surface area contributed by atoms with Gasteiger partial charge in [-0.15, -0.1) is 0 Å².